The third-order valence-corrected chi connectivity index (χ3v) is 6.42. The molecule has 1 aliphatic rings. The van der Waals surface area contributed by atoms with Crippen molar-refractivity contribution in [2.75, 3.05) is 26.8 Å². The highest BCUT2D eigenvalue weighted by Gasteiger charge is 2.50. The molecule has 0 saturated carbocycles. The Kier molecular flexibility index (Phi) is 8.93. The molecule has 204 valence electrons. The van der Waals surface area contributed by atoms with Crippen LogP contribution >= 0.6 is 0 Å². The molecule has 0 bridgehead atoms. The third-order valence-electron chi connectivity index (χ3n) is 6.42. The summed E-state index contributed by atoms with van der Waals surface area (Å²) in [6.07, 6.45) is -0.254. The zero-order valence-corrected chi connectivity index (χ0v) is 21.9. The van der Waals surface area contributed by atoms with E-state index in [1.54, 1.807) is 30.3 Å². The Hall–Kier alpha value is -4.24. The minimum Gasteiger partial charge on any atom is -0.459 e. The average molecular weight is 535 g/mol. The number of hydrogen-bond donors (Lipinski definition) is 1. The summed E-state index contributed by atoms with van der Waals surface area (Å²) in [4.78, 5) is 39.8. The van der Waals surface area contributed by atoms with E-state index in [0.29, 0.717) is 17.1 Å². The average Bonchev–Trinajstić information content (AvgIpc) is 3.30. The van der Waals surface area contributed by atoms with Crippen molar-refractivity contribution >= 4 is 17.8 Å². The van der Waals surface area contributed by atoms with E-state index < -0.39 is 36.0 Å². The summed E-state index contributed by atoms with van der Waals surface area (Å²) in [7, 11) is 1.35. The fraction of sp³-hybridized carbons (Fsp3) is 0.300. The summed E-state index contributed by atoms with van der Waals surface area (Å²) in [5.41, 5.74) is -0.0651. The van der Waals surface area contributed by atoms with E-state index >= 15 is 4.39 Å². The number of nitrogens with one attached hydrogen (secondary N) is 1. The van der Waals surface area contributed by atoms with Crippen LogP contribution in [0.1, 0.15) is 27.9 Å². The van der Waals surface area contributed by atoms with Crippen molar-refractivity contribution in [3.8, 4) is 11.5 Å². The molecule has 0 aliphatic carbocycles. The number of nitrogens with zero attached hydrogens (tertiary/aromatic N) is 1. The maximum Gasteiger partial charge on any atom is 0.329 e. The van der Waals surface area contributed by atoms with Gasteiger partial charge >= 0.3 is 5.97 Å². The van der Waals surface area contributed by atoms with E-state index in [9.17, 15) is 14.4 Å². The number of carbonyl (C=O) groups excluding carboxylic acids is 3. The van der Waals surface area contributed by atoms with Gasteiger partial charge in [-0.05, 0) is 48.4 Å². The molecular formula is C30H31FN2O6. The van der Waals surface area contributed by atoms with Gasteiger partial charge in [0.2, 0.25) is 5.91 Å². The van der Waals surface area contributed by atoms with E-state index in [4.69, 9.17) is 14.2 Å². The van der Waals surface area contributed by atoms with Crippen molar-refractivity contribution in [1.82, 2.24) is 10.2 Å². The van der Waals surface area contributed by atoms with Crippen LogP contribution in [0.2, 0.25) is 0 Å². The van der Waals surface area contributed by atoms with Gasteiger partial charge in [0.05, 0.1) is 19.7 Å². The van der Waals surface area contributed by atoms with Gasteiger partial charge in [-0.25, -0.2) is 9.18 Å². The quantitative estimate of drug-likeness (QED) is 0.392. The highest BCUT2D eigenvalue weighted by atomic mass is 19.1. The lowest BCUT2D eigenvalue weighted by atomic mass is 10.0. The Labute approximate surface area is 226 Å². The van der Waals surface area contributed by atoms with Gasteiger partial charge < -0.3 is 24.4 Å². The number of ether oxygens (including phenoxy) is 3. The smallest absolute Gasteiger partial charge is 0.329 e. The van der Waals surface area contributed by atoms with Crippen molar-refractivity contribution in [1.29, 1.82) is 0 Å². The lowest BCUT2D eigenvalue weighted by Gasteiger charge is -2.23. The van der Waals surface area contributed by atoms with Gasteiger partial charge in [0.15, 0.2) is 5.67 Å². The lowest BCUT2D eigenvalue weighted by molar-refractivity contribution is -0.154. The fourth-order valence-corrected chi connectivity index (χ4v) is 4.48. The van der Waals surface area contributed by atoms with Crippen LogP contribution in [0, 0.1) is 6.92 Å². The number of hydrogen-bond acceptors (Lipinski definition) is 6. The fourth-order valence-electron chi connectivity index (χ4n) is 4.48. The molecule has 1 heterocycles. The minimum atomic E-state index is -1.91. The molecule has 0 spiro atoms. The van der Waals surface area contributed by atoms with Gasteiger partial charge in [-0.15, -0.1) is 0 Å². The summed E-state index contributed by atoms with van der Waals surface area (Å²) < 4.78 is 31.6. The van der Waals surface area contributed by atoms with Gasteiger partial charge in [0, 0.05) is 19.1 Å². The van der Waals surface area contributed by atoms with Crippen LogP contribution in [0.3, 0.4) is 0 Å². The van der Waals surface area contributed by atoms with Crippen LogP contribution in [0.5, 0.6) is 11.5 Å². The van der Waals surface area contributed by atoms with Crippen molar-refractivity contribution in [2.45, 2.75) is 31.7 Å². The number of aryl methyl sites for hydroxylation is 1. The molecule has 1 saturated heterocycles. The maximum atomic E-state index is 15.4. The number of alkyl halides is 1. The normalized spacial score (nSPS) is 18.4. The van der Waals surface area contributed by atoms with Crippen LogP contribution in [0.15, 0.2) is 78.9 Å². The molecule has 1 N–H and O–H groups in total. The number of carbonyl (C=O) groups is 3. The monoisotopic (exact) mass is 534 g/mol. The molecular weight excluding hydrogens is 503 g/mol. The van der Waals surface area contributed by atoms with Gasteiger partial charge in [0.25, 0.3) is 5.91 Å². The largest absolute Gasteiger partial charge is 0.459 e. The first-order chi connectivity index (χ1) is 18.8. The Bertz CT molecular complexity index is 1300. The van der Waals surface area contributed by atoms with Crippen LogP contribution in [0.25, 0.3) is 0 Å². The van der Waals surface area contributed by atoms with Crippen molar-refractivity contribution in [2.24, 2.45) is 0 Å². The molecule has 0 unspecified atom stereocenters. The van der Waals surface area contributed by atoms with Crippen molar-refractivity contribution < 1.29 is 33.0 Å². The van der Waals surface area contributed by atoms with E-state index in [1.807, 2.05) is 55.5 Å². The summed E-state index contributed by atoms with van der Waals surface area (Å²) >= 11 is 0. The van der Waals surface area contributed by atoms with Gasteiger partial charge in [-0.2, -0.15) is 0 Å². The number of methoxy groups -OCH3 is 1. The highest BCUT2D eigenvalue weighted by molar-refractivity contribution is 5.97. The predicted octanol–water partition coefficient (Wildman–Crippen LogP) is 4.22. The second-order valence-corrected chi connectivity index (χ2v) is 9.50. The Morgan fingerprint density at radius 2 is 1.72 bits per heavy atom. The summed E-state index contributed by atoms with van der Waals surface area (Å²) in [6.45, 7) is 0.786. The third kappa shape index (κ3) is 7.20. The predicted molar refractivity (Wildman–Crippen MR) is 142 cm³/mol. The molecule has 9 heteroatoms. The summed E-state index contributed by atoms with van der Waals surface area (Å²) in [5.74, 6) is -0.521. The van der Waals surface area contributed by atoms with Gasteiger partial charge in [-0.1, -0.05) is 48.5 Å². The number of rotatable bonds is 10. The number of benzene rings is 3. The second-order valence-electron chi connectivity index (χ2n) is 9.50. The molecule has 1 aliphatic heterocycles. The van der Waals surface area contributed by atoms with Gasteiger partial charge in [-0.3, -0.25) is 9.59 Å². The molecule has 3 aromatic rings. The molecule has 2 atom stereocenters. The number of amides is 2. The van der Waals surface area contributed by atoms with E-state index in [1.165, 1.54) is 7.11 Å². The second kappa shape index (κ2) is 12.5. The Morgan fingerprint density at radius 1 is 1.03 bits per heavy atom. The zero-order chi connectivity index (χ0) is 27.8. The lowest BCUT2D eigenvalue weighted by Crippen LogP contribution is -2.46. The topological polar surface area (TPSA) is 94.2 Å². The molecule has 1 fully saturated rings. The number of esters is 1. The molecule has 39 heavy (non-hydrogen) atoms. The highest BCUT2D eigenvalue weighted by Crippen LogP contribution is 2.32. The molecule has 2 amide bonds. The van der Waals surface area contributed by atoms with Crippen LogP contribution in [-0.2, 0) is 25.7 Å². The Balaban J connectivity index is 1.38. The SMILES string of the molecule is COC[C@@]1(F)C[C@@H](C(=O)OCc2ccccc2)N(C(=O)CNC(=O)c2ccc(Oc3ccccc3)c(C)c2)C1. The standard InChI is InChI=1S/C30H31FN2O6/c1-21-15-23(13-14-26(21)39-24-11-7-4-8-12-24)28(35)32-17-27(34)33-19-30(31,20-37-2)16-25(33)29(36)38-18-22-9-5-3-6-10-22/h3-15,25H,16-20H2,1-2H3,(H,32,35)/t25-,30+/m0/s1. The van der Waals surface area contributed by atoms with E-state index in [2.05, 4.69) is 5.32 Å². The minimum absolute atomic E-state index is 0.00182. The summed E-state index contributed by atoms with van der Waals surface area (Å²) in [5, 5.41) is 2.57. The van der Waals surface area contributed by atoms with Crippen LogP contribution < -0.4 is 10.1 Å². The number of para-hydroxylation sites is 1. The maximum absolute atomic E-state index is 15.4. The van der Waals surface area contributed by atoms with Crippen LogP contribution in [-0.4, -0.2) is 61.2 Å². The molecule has 0 aromatic heterocycles. The number of halogens is 1. The first kappa shape index (κ1) is 27.8. The van der Waals surface area contributed by atoms with Gasteiger partial charge in [0.1, 0.15) is 24.1 Å². The zero-order valence-electron chi connectivity index (χ0n) is 21.9. The van der Waals surface area contributed by atoms with Crippen molar-refractivity contribution in [3.05, 3.63) is 95.6 Å². The first-order valence-corrected chi connectivity index (χ1v) is 12.6. The summed E-state index contributed by atoms with van der Waals surface area (Å²) in [6, 6.07) is 22.1. The molecule has 8 nitrogen and oxygen atoms in total. The van der Waals surface area contributed by atoms with E-state index in [-0.39, 0.29) is 26.2 Å². The Morgan fingerprint density at radius 3 is 2.38 bits per heavy atom. The molecule has 0 radical (unpaired) electrons. The molecule has 3 aromatic carbocycles. The van der Waals surface area contributed by atoms with Crippen LogP contribution in [0.4, 0.5) is 4.39 Å². The first-order valence-electron chi connectivity index (χ1n) is 12.6. The molecule has 4 rings (SSSR count). The number of likely N-dealkylation sites (tertiary alicyclic amines) is 1. The van der Waals surface area contributed by atoms with E-state index in [0.717, 1.165) is 16.0 Å². The van der Waals surface area contributed by atoms with Crippen molar-refractivity contribution in [3.63, 3.8) is 0 Å².